The Labute approximate surface area is 153 Å². The molecule has 2 aromatic rings. The van der Waals surface area contributed by atoms with E-state index in [0.29, 0.717) is 22.9 Å². The molecule has 0 aliphatic heterocycles. The van der Waals surface area contributed by atoms with Gasteiger partial charge in [-0.05, 0) is 36.0 Å². The monoisotopic (exact) mass is 359 g/mol. The minimum atomic E-state index is 0.0335. The molecule has 25 heavy (non-hydrogen) atoms. The number of hydrogen-bond acceptors (Lipinski definition) is 5. The number of rotatable bonds is 5. The number of amides is 1. The summed E-state index contributed by atoms with van der Waals surface area (Å²) < 4.78 is 5.68. The Hall–Kier alpha value is -1.82. The molecule has 1 amide bonds. The van der Waals surface area contributed by atoms with Crippen LogP contribution in [0.1, 0.15) is 52.0 Å². The number of nitrogens with zero attached hydrogens (tertiary/aromatic N) is 2. The van der Waals surface area contributed by atoms with Crippen LogP contribution in [0.5, 0.6) is 0 Å². The standard InChI is InChI=1S/C19H25N3O2S/c1-19(2,3)14-10-8-13(9-11-14)17-21-22-18(24-17)25-12-16(23)20-15-6-4-5-7-15/h8-11,15H,4-7,12H2,1-3H3,(H,20,23). The van der Waals surface area contributed by atoms with E-state index in [9.17, 15) is 4.79 Å². The van der Waals surface area contributed by atoms with Crippen molar-refractivity contribution in [2.24, 2.45) is 0 Å². The highest BCUT2D eigenvalue weighted by molar-refractivity contribution is 7.99. The first-order valence-electron chi connectivity index (χ1n) is 8.78. The van der Waals surface area contributed by atoms with Gasteiger partial charge in [-0.15, -0.1) is 10.2 Å². The third-order valence-electron chi connectivity index (χ3n) is 4.45. The van der Waals surface area contributed by atoms with Crippen LogP contribution in [-0.2, 0) is 10.2 Å². The maximum Gasteiger partial charge on any atom is 0.277 e. The third kappa shape index (κ3) is 4.84. The van der Waals surface area contributed by atoms with Crippen molar-refractivity contribution in [1.82, 2.24) is 15.5 Å². The molecule has 1 saturated carbocycles. The van der Waals surface area contributed by atoms with Gasteiger partial charge in [0.2, 0.25) is 11.8 Å². The Kier molecular flexibility index (Phi) is 5.47. The summed E-state index contributed by atoms with van der Waals surface area (Å²) in [6.45, 7) is 6.54. The first-order valence-corrected chi connectivity index (χ1v) is 9.77. The van der Waals surface area contributed by atoms with Crippen molar-refractivity contribution >= 4 is 17.7 Å². The van der Waals surface area contributed by atoms with Crippen molar-refractivity contribution in [2.45, 2.75) is 63.1 Å². The van der Waals surface area contributed by atoms with Crippen molar-refractivity contribution in [1.29, 1.82) is 0 Å². The van der Waals surface area contributed by atoms with Gasteiger partial charge in [0.05, 0.1) is 5.75 Å². The highest BCUT2D eigenvalue weighted by Crippen LogP contribution is 2.27. The second-order valence-electron chi connectivity index (χ2n) is 7.54. The number of carbonyl (C=O) groups excluding carboxylic acids is 1. The van der Waals surface area contributed by atoms with Crippen LogP contribution in [0, 0.1) is 0 Å². The highest BCUT2D eigenvalue weighted by Gasteiger charge is 2.18. The van der Waals surface area contributed by atoms with Gasteiger partial charge in [0, 0.05) is 11.6 Å². The fraction of sp³-hybridized carbons (Fsp3) is 0.526. The Morgan fingerprint density at radius 3 is 2.52 bits per heavy atom. The van der Waals surface area contributed by atoms with Crippen LogP contribution < -0.4 is 5.32 Å². The summed E-state index contributed by atoms with van der Waals surface area (Å²) in [6.07, 6.45) is 4.59. The summed E-state index contributed by atoms with van der Waals surface area (Å²) in [4.78, 5) is 12.0. The molecule has 1 aliphatic rings. The summed E-state index contributed by atoms with van der Waals surface area (Å²) in [5, 5.41) is 11.6. The topological polar surface area (TPSA) is 68.0 Å². The Morgan fingerprint density at radius 2 is 1.88 bits per heavy atom. The van der Waals surface area contributed by atoms with Crippen molar-refractivity contribution in [3.8, 4) is 11.5 Å². The number of thioether (sulfide) groups is 1. The molecule has 0 unspecified atom stereocenters. The zero-order valence-electron chi connectivity index (χ0n) is 15.0. The van der Waals surface area contributed by atoms with Crippen LogP contribution in [0.3, 0.4) is 0 Å². The van der Waals surface area contributed by atoms with E-state index in [0.717, 1.165) is 18.4 Å². The fourth-order valence-corrected chi connectivity index (χ4v) is 3.54. The summed E-state index contributed by atoms with van der Waals surface area (Å²) >= 11 is 1.28. The van der Waals surface area contributed by atoms with Gasteiger partial charge in [-0.1, -0.05) is 57.5 Å². The molecule has 5 nitrogen and oxygen atoms in total. The van der Waals surface area contributed by atoms with Crippen LogP contribution in [0.25, 0.3) is 11.5 Å². The lowest BCUT2D eigenvalue weighted by Crippen LogP contribution is -2.33. The number of carbonyl (C=O) groups is 1. The van der Waals surface area contributed by atoms with Crippen LogP contribution in [-0.4, -0.2) is 27.9 Å². The van der Waals surface area contributed by atoms with Crippen LogP contribution in [0.4, 0.5) is 0 Å². The van der Waals surface area contributed by atoms with E-state index in [1.807, 2.05) is 12.1 Å². The normalized spacial score (nSPS) is 15.5. The van der Waals surface area contributed by atoms with Crippen molar-refractivity contribution in [3.63, 3.8) is 0 Å². The molecule has 1 fully saturated rings. The number of aromatic nitrogens is 2. The molecule has 134 valence electrons. The van der Waals surface area contributed by atoms with Gasteiger partial charge in [0.25, 0.3) is 5.22 Å². The zero-order chi connectivity index (χ0) is 17.9. The first kappa shape index (κ1) is 18.0. The number of nitrogens with one attached hydrogen (secondary N) is 1. The van der Waals surface area contributed by atoms with E-state index >= 15 is 0 Å². The molecule has 0 spiro atoms. The summed E-state index contributed by atoms with van der Waals surface area (Å²) in [6, 6.07) is 8.50. The number of benzene rings is 1. The Bertz CT molecular complexity index is 713. The first-order chi connectivity index (χ1) is 11.9. The average molecular weight is 359 g/mol. The summed E-state index contributed by atoms with van der Waals surface area (Å²) in [5.41, 5.74) is 2.26. The Morgan fingerprint density at radius 1 is 1.20 bits per heavy atom. The summed E-state index contributed by atoms with van der Waals surface area (Å²) in [5.74, 6) is 0.825. The molecule has 6 heteroatoms. The molecule has 1 aliphatic carbocycles. The van der Waals surface area contributed by atoms with Crippen LogP contribution in [0.15, 0.2) is 33.9 Å². The molecule has 0 saturated heterocycles. The average Bonchev–Trinajstić information content (AvgIpc) is 3.24. The lowest BCUT2D eigenvalue weighted by Gasteiger charge is -2.18. The lowest BCUT2D eigenvalue weighted by molar-refractivity contribution is -0.119. The van der Waals surface area contributed by atoms with Gasteiger partial charge in [-0.3, -0.25) is 4.79 Å². The third-order valence-corrected chi connectivity index (χ3v) is 5.27. The van der Waals surface area contributed by atoms with Crippen molar-refractivity contribution in [3.05, 3.63) is 29.8 Å². The molecular weight excluding hydrogens is 334 g/mol. The van der Waals surface area contributed by atoms with Gasteiger partial charge in [-0.25, -0.2) is 0 Å². The zero-order valence-corrected chi connectivity index (χ0v) is 15.9. The van der Waals surface area contributed by atoms with Crippen molar-refractivity contribution < 1.29 is 9.21 Å². The van der Waals surface area contributed by atoms with E-state index in [1.54, 1.807) is 0 Å². The molecule has 1 aromatic heterocycles. The highest BCUT2D eigenvalue weighted by atomic mass is 32.2. The lowest BCUT2D eigenvalue weighted by atomic mass is 9.87. The second-order valence-corrected chi connectivity index (χ2v) is 8.46. The SMILES string of the molecule is CC(C)(C)c1ccc(-c2nnc(SCC(=O)NC3CCCC3)o2)cc1. The van der Waals surface area contributed by atoms with Crippen LogP contribution >= 0.6 is 11.8 Å². The summed E-state index contributed by atoms with van der Waals surface area (Å²) in [7, 11) is 0. The minimum absolute atomic E-state index is 0.0335. The van der Waals surface area contributed by atoms with Crippen molar-refractivity contribution in [2.75, 3.05) is 5.75 Å². The van der Waals surface area contributed by atoms with Gasteiger partial charge in [0.15, 0.2) is 0 Å². The smallest absolute Gasteiger partial charge is 0.277 e. The molecule has 0 radical (unpaired) electrons. The quantitative estimate of drug-likeness (QED) is 0.811. The minimum Gasteiger partial charge on any atom is -0.411 e. The van der Waals surface area contributed by atoms with E-state index in [4.69, 9.17) is 4.42 Å². The molecule has 0 bridgehead atoms. The van der Waals surface area contributed by atoms with E-state index in [1.165, 1.54) is 30.2 Å². The molecule has 1 aromatic carbocycles. The Balaban J connectivity index is 1.55. The fourth-order valence-electron chi connectivity index (χ4n) is 2.96. The number of hydrogen-bond donors (Lipinski definition) is 1. The van der Waals surface area contributed by atoms with Gasteiger partial charge >= 0.3 is 0 Å². The van der Waals surface area contributed by atoms with Gasteiger partial charge in [0.1, 0.15) is 0 Å². The maximum atomic E-state index is 12.0. The molecule has 1 N–H and O–H groups in total. The predicted molar refractivity (Wildman–Crippen MR) is 99.6 cm³/mol. The molecule has 3 rings (SSSR count). The van der Waals surface area contributed by atoms with E-state index < -0.39 is 0 Å². The van der Waals surface area contributed by atoms with E-state index in [2.05, 4.69) is 48.4 Å². The van der Waals surface area contributed by atoms with Gasteiger partial charge < -0.3 is 9.73 Å². The largest absolute Gasteiger partial charge is 0.411 e. The molecule has 0 atom stereocenters. The second kappa shape index (κ2) is 7.60. The maximum absolute atomic E-state index is 12.0. The molecular formula is C19H25N3O2S. The predicted octanol–water partition coefficient (Wildman–Crippen LogP) is 4.19. The van der Waals surface area contributed by atoms with Gasteiger partial charge in [-0.2, -0.15) is 0 Å². The van der Waals surface area contributed by atoms with E-state index in [-0.39, 0.29) is 11.3 Å². The van der Waals surface area contributed by atoms with Crippen LogP contribution in [0.2, 0.25) is 0 Å². The molecule has 1 heterocycles.